The first-order valence-corrected chi connectivity index (χ1v) is 9.74. The summed E-state index contributed by atoms with van der Waals surface area (Å²) in [6.45, 7) is 2.02. The molecule has 27 heavy (non-hydrogen) atoms. The molecule has 0 spiro atoms. The van der Waals surface area contributed by atoms with E-state index in [1.165, 1.54) is 0 Å². The van der Waals surface area contributed by atoms with Crippen LogP contribution >= 0.6 is 32.1 Å². The summed E-state index contributed by atoms with van der Waals surface area (Å²) in [6, 6.07) is 18.0. The van der Waals surface area contributed by atoms with Gasteiger partial charge in [-0.2, -0.15) is 4.98 Å². The van der Waals surface area contributed by atoms with Gasteiger partial charge in [-0.3, -0.25) is 3.93 Å². The third kappa shape index (κ3) is 3.52. The molecule has 7 heteroatoms. The molecule has 4 rings (SSSR count). The first kappa shape index (κ1) is 17.9. The van der Waals surface area contributed by atoms with Crippen molar-refractivity contribution >= 4 is 60.4 Å². The largest absolute Gasteiger partial charge is 0.368 e. The number of fused-ring (bicyclic) bond motifs is 1. The second kappa shape index (κ2) is 7.25. The van der Waals surface area contributed by atoms with Gasteiger partial charge in [-0.05, 0) is 64.3 Å². The van der Waals surface area contributed by atoms with E-state index in [1.807, 2.05) is 59.5 Å². The summed E-state index contributed by atoms with van der Waals surface area (Å²) in [6.07, 6.45) is 1.85. The van der Waals surface area contributed by atoms with Crippen LogP contribution in [0.25, 0.3) is 22.0 Å². The van der Waals surface area contributed by atoms with Crippen LogP contribution < -0.4 is 9.66 Å². The number of nitrogens with zero attached hydrogens (tertiary/aromatic N) is 4. The van der Waals surface area contributed by atoms with Gasteiger partial charge in [0.15, 0.2) is 5.82 Å². The zero-order valence-electron chi connectivity index (χ0n) is 14.4. The molecule has 0 bridgehead atoms. The van der Waals surface area contributed by atoms with E-state index in [0.717, 1.165) is 37.9 Å². The number of aryl methyl sites for hydroxylation is 1. The predicted octanol–water partition coefficient (Wildman–Crippen LogP) is 5.79. The van der Waals surface area contributed by atoms with Crippen molar-refractivity contribution in [3.05, 3.63) is 71.0 Å². The monoisotopic (exact) mass is 483 g/mol. The van der Waals surface area contributed by atoms with E-state index in [2.05, 4.69) is 59.2 Å². The van der Waals surface area contributed by atoms with Crippen molar-refractivity contribution in [1.29, 1.82) is 0 Å². The van der Waals surface area contributed by atoms with Crippen LogP contribution in [-0.2, 0) is 0 Å². The predicted molar refractivity (Wildman–Crippen MR) is 117 cm³/mol. The Kier molecular flexibility index (Phi) is 4.80. The average Bonchev–Trinajstić information content (AvgIpc) is 2.69. The number of rotatable bonds is 3. The number of aromatic nitrogens is 3. The van der Waals surface area contributed by atoms with Gasteiger partial charge in [0.2, 0.25) is 5.95 Å². The zero-order valence-corrected chi connectivity index (χ0v) is 17.6. The Morgan fingerprint density at radius 2 is 1.74 bits per heavy atom. The maximum Gasteiger partial charge on any atom is 0.222 e. The molecule has 0 saturated heterocycles. The minimum absolute atomic E-state index is 0.229. The topological polar surface area (TPSA) is 67.9 Å². The van der Waals surface area contributed by atoms with Crippen molar-refractivity contribution in [1.82, 2.24) is 15.0 Å². The Bertz CT molecular complexity index is 1130. The minimum atomic E-state index is 0.229. The summed E-state index contributed by atoms with van der Waals surface area (Å²) in [5.74, 6) is 0.916. The lowest BCUT2D eigenvalue weighted by Gasteiger charge is -2.18. The molecule has 4 aromatic rings. The summed E-state index contributed by atoms with van der Waals surface area (Å²) in [5.41, 5.74) is 10.8. The Morgan fingerprint density at radius 3 is 2.48 bits per heavy atom. The molecular formula is C20H15Br2N5. The average molecular weight is 485 g/mol. The van der Waals surface area contributed by atoms with Crippen molar-refractivity contribution in [2.45, 2.75) is 6.92 Å². The molecule has 0 aliphatic heterocycles. The number of anilines is 3. The standard InChI is InChI=1S/C20H15Br2N5/c1-12-9-14(11-24-18(12)21)13-7-8-17-16(10-13)19(26-20(23)25-17)27(22)15-5-3-2-4-6-15/h2-11H,1H3,(H2,23,25,26). The van der Waals surface area contributed by atoms with Gasteiger partial charge in [-0.15, -0.1) is 0 Å². The van der Waals surface area contributed by atoms with Crippen LogP contribution in [0.3, 0.4) is 0 Å². The van der Waals surface area contributed by atoms with Crippen molar-refractivity contribution in [3.8, 4) is 11.1 Å². The molecular weight excluding hydrogens is 470 g/mol. The van der Waals surface area contributed by atoms with E-state index < -0.39 is 0 Å². The van der Waals surface area contributed by atoms with E-state index in [-0.39, 0.29) is 5.95 Å². The van der Waals surface area contributed by atoms with Crippen molar-refractivity contribution in [2.24, 2.45) is 0 Å². The molecule has 0 radical (unpaired) electrons. The Morgan fingerprint density at radius 1 is 0.963 bits per heavy atom. The van der Waals surface area contributed by atoms with Crippen LogP contribution in [-0.4, -0.2) is 15.0 Å². The van der Waals surface area contributed by atoms with Crippen LogP contribution in [0.15, 0.2) is 65.4 Å². The number of para-hydroxylation sites is 1. The maximum absolute atomic E-state index is 5.94. The molecule has 0 saturated carbocycles. The first-order chi connectivity index (χ1) is 13.0. The minimum Gasteiger partial charge on any atom is -0.368 e. The highest BCUT2D eigenvalue weighted by molar-refractivity contribution is 9.10. The maximum atomic E-state index is 5.94. The van der Waals surface area contributed by atoms with E-state index in [0.29, 0.717) is 5.82 Å². The SMILES string of the molecule is Cc1cc(-c2ccc3nc(N)nc(N(Br)c4ccccc4)c3c2)cnc1Br. The fourth-order valence-electron chi connectivity index (χ4n) is 2.86. The lowest BCUT2D eigenvalue weighted by atomic mass is 10.0. The van der Waals surface area contributed by atoms with Gasteiger partial charge >= 0.3 is 0 Å². The Balaban J connectivity index is 1.89. The number of hydrogen-bond acceptors (Lipinski definition) is 5. The number of hydrogen-bond donors (Lipinski definition) is 1. The van der Waals surface area contributed by atoms with Gasteiger partial charge in [0.1, 0.15) is 4.60 Å². The van der Waals surface area contributed by atoms with E-state index >= 15 is 0 Å². The van der Waals surface area contributed by atoms with Crippen LogP contribution in [0.1, 0.15) is 5.56 Å². The molecule has 0 amide bonds. The number of pyridine rings is 1. The van der Waals surface area contributed by atoms with Crippen molar-refractivity contribution < 1.29 is 0 Å². The molecule has 0 aliphatic carbocycles. The second-order valence-electron chi connectivity index (χ2n) is 6.09. The molecule has 2 N–H and O–H groups in total. The fraction of sp³-hybridized carbons (Fsp3) is 0.0500. The normalized spacial score (nSPS) is 10.9. The molecule has 5 nitrogen and oxygen atoms in total. The molecule has 2 heterocycles. The highest BCUT2D eigenvalue weighted by Gasteiger charge is 2.15. The number of nitrogen functional groups attached to an aromatic ring is 1. The zero-order chi connectivity index (χ0) is 19.0. The van der Waals surface area contributed by atoms with Gasteiger partial charge < -0.3 is 5.73 Å². The van der Waals surface area contributed by atoms with Crippen LogP contribution in [0.5, 0.6) is 0 Å². The van der Waals surface area contributed by atoms with Gasteiger partial charge in [0.05, 0.1) is 27.4 Å². The third-order valence-electron chi connectivity index (χ3n) is 4.21. The Hall–Kier alpha value is -2.51. The summed E-state index contributed by atoms with van der Waals surface area (Å²) in [7, 11) is 0. The molecule has 134 valence electrons. The third-order valence-corrected chi connectivity index (χ3v) is 5.79. The molecule has 0 fully saturated rings. The molecule has 0 aliphatic rings. The molecule has 2 aromatic heterocycles. The molecule has 2 aromatic carbocycles. The Labute approximate surface area is 173 Å². The quantitative estimate of drug-likeness (QED) is 0.294. The number of halogens is 2. The number of benzene rings is 2. The van der Waals surface area contributed by atoms with Gasteiger partial charge in [-0.1, -0.05) is 24.3 Å². The van der Waals surface area contributed by atoms with Crippen molar-refractivity contribution in [2.75, 3.05) is 9.66 Å². The van der Waals surface area contributed by atoms with Gasteiger partial charge in [-0.25, -0.2) is 9.97 Å². The van der Waals surface area contributed by atoms with Crippen LogP contribution in [0.2, 0.25) is 0 Å². The summed E-state index contributed by atoms with van der Waals surface area (Å²) in [5, 5.41) is 0.892. The lowest BCUT2D eigenvalue weighted by molar-refractivity contribution is 1.21. The fourth-order valence-corrected chi connectivity index (χ4v) is 3.58. The summed E-state index contributed by atoms with van der Waals surface area (Å²) >= 11 is 7.07. The molecule has 0 atom stereocenters. The van der Waals surface area contributed by atoms with Crippen LogP contribution in [0.4, 0.5) is 17.5 Å². The van der Waals surface area contributed by atoms with E-state index in [1.54, 1.807) is 0 Å². The molecule has 0 unspecified atom stereocenters. The van der Waals surface area contributed by atoms with E-state index in [9.17, 15) is 0 Å². The second-order valence-corrected chi connectivity index (χ2v) is 7.55. The van der Waals surface area contributed by atoms with Crippen molar-refractivity contribution in [3.63, 3.8) is 0 Å². The van der Waals surface area contributed by atoms with Crippen LogP contribution in [0, 0.1) is 6.92 Å². The highest BCUT2D eigenvalue weighted by Crippen LogP contribution is 2.35. The summed E-state index contributed by atoms with van der Waals surface area (Å²) in [4.78, 5) is 13.2. The lowest BCUT2D eigenvalue weighted by Crippen LogP contribution is -2.07. The summed E-state index contributed by atoms with van der Waals surface area (Å²) < 4.78 is 2.68. The smallest absolute Gasteiger partial charge is 0.222 e. The highest BCUT2D eigenvalue weighted by atomic mass is 79.9. The first-order valence-electron chi connectivity index (χ1n) is 8.23. The van der Waals surface area contributed by atoms with Gasteiger partial charge in [0.25, 0.3) is 0 Å². The van der Waals surface area contributed by atoms with E-state index in [4.69, 9.17) is 5.73 Å². The number of nitrogens with two attached hydrogens (primary N) is 1. The van der Waals surface area contributed by atoms with Gasteiger partial charge in [0, 0.05) is 17.1 Å².